The van der Waals surface area contributed by atoms with Crippen LogP contribution >= 0.6 is 0 Å². The predicted octanol–water partition coefficient (Wildman–Crippen LogP) is 18.2. The second-order valence-electron chi connectivity index (χ2n) is 25.4. The van der Waals surface area contributed by atoms with E-state index in [1.807, 2.05) is 268 Å². The molecule has 0 amide bonds. The van der Waals surface area contributed by atoms with Gasteiger partial charge in [-0.1, -0.05) is 319 Å². The highest BCUT2D eigenvalue weighted by Crippen LogP contribution is 2.31. The first-order valence-electron chi connectivity index (χ1n) is 35.4. The summed E-state index contributed by atoms with van der Waals surface area (Å²) in [6.07, 6.45) is 0. The summed E-state index contributed by atoms with van der Waals surface area (Å²) in [4.78, 5) is 0. The third-order valence-electron chi connectivity index (χ3n) is 18.1. The second kappa shape index (κ2) is 44.0. The highest BCUT2D eigenvalue weighted by Gasteiger charge is 2.56. The summed E-state index contributed by atoms with van der Waals surface area (Å²) in [5.74, 6) is 0. The average molecular weight is 1680 g/mol. The maximum atomic E-state index is 7.52. The van der Waals surface area contributed by atoms with Gasteiger partial charge in [0.15, 0.2) is 0 Å². The first-order valence-corrected chi connectivity index (χ1v) is 63.6. The molecule has 6 aromatic carbocycles. The van der Waals surface area contributed by atoms with E-state index in [4.69, 9.17) is 37.0 Å². The van der Waals surface area contributed by atoms with E-state index in [1.54, 1.807) is 34.2 Å². The van der Waals surface area contributed by atoms with Crippen molar-refractivity contribution in [1.29, 1.82) is 0 Å². The van der Waals surface area contributed by atoms with E-state index < -0.39 is 109 Å². The van der Waals surface area contributed by atoms with Crippen LogP contribution in [0.25, 0.3) is 0 Å². The lowest BCUT2D eigenvalue weighted by Gasteiger charge is -2.45. The SMILES string of the molecule is C=C[Si](C=C)(C=C)O[Si](C)(C)O[Si](C=C)(C=C)C=C.C=C[Si](C=C)(C=C)O[Si](C)(O[Si](C=C)(C=C)C=C)c1ccccc1.C=C[Si](C=C)(C=C)O[Si](C)(O[Si](O[Si](C=C)(C=C)C=C)(c1ccccc1)c1ccccc1)c1ccccc1.C=C[Si](C=C)(C=C)O[Si](O[Si](C=C)(C=C)C=C)(c1ccccc1)c1ccccc1. The highest BCUT2D eigenvalue weighted by molar-refractivity contribution is 7.09. The van der Waals surface area contributed by atoms with Crippen LogP contribution in [0.5, 0.6) is 0 Å². The molecule has 0 saturated heterocycles. The van der Waals surface area contributed by atoms with Crippen molar-refractivity contribution in [3.8, 4) is 0 Å². The molecule has 9 nitrogen and oxygen atoms in total. The molecule has 110 heavy (non-hydrogen) atoms. The molecule has 0 aliphatic rings. The number of hydrogen-bond donors (Lipinski definition) is 0. The first kappa shape index (κ1) is 95.7. The molecule has 0 N–H and O–H groups in total. The first-order chi connectivity index (χ1) is 52.5. The van der Waals surface area contributed by atoms with Crippen molar-refractivity contribution in [2.45, 2.75) is 26.2 Å². The topological polar surface area (TPSA) is 83.1 Å². The Kier molecular flexibility index (Phi) is 38.3. The Labute approximate surface area is 674 Å². The highest BCUT2D eigenvalue weighted by atomic mass is 28.5. The smallest absolute Gasteiger partial charge is 0.388 e. The fraction of sp³-hybridized carbons (Fsp3) is 0.0455. The average Bonchev–Trinajstić information content (AvgIpc) is 0.746. The Morgan fingerprint density at radius 2 is 0.291 bits per heavy atom. The van der Waals surface area contributed by atoms with Crippen molar-refractivity contribution in [3.63, 3.8) is 0 Å². The van der Waals surface area contributed by atoms with Gasteiger partial charge in [0.25, 0.3) is 66.5 Å². The van der Waals surface area contributed by atoms with Crippen molar-refractivity contribution in [2.24, 2.45) is 0 Å². The summed E-state index contributed by atoms with van der Waals surface area (Å²) in [5, 5.41) is 5.87. The molecule has 572 valence electrons. The van der Waals surface area contributed by atoms with Crippen LogP contribution < -0.4 is 31.1 Å². The molecule has 0 saturated carbocycles. The zero-order valence-electron chi connectivity index (χ0n) is 65.3. The van der Waals surface area contributed by atoms with Crippen molar-refractivity contribution in [1.82, 2.24) is 0 Å². The fourth-order valence-electron chi connectivity index (χ4n) is 11.1. The van der Waals surface area contributed by atoms with Gasteiger partial charge in [-0.05, 0) is 57.3 Å². The zero-order chi connectivity index (χ0) is 82.5. The van der Waals surface area contributed by atoms with E-state index in [1.165, 1.54) is 0 Å². The van der Waals surface area contributed by atoms with E-state index in [2.05, 4.69) is 201 Å². The number of hydrogen-bond acceptors (Lipinski definition) is 9. The van der Waals surface area contributed by atoms with E-state index >= 15 is 0 Å². The third-order valence-corrected chi connectivity index (χ3v) is 66.7. The maximum Gasteiger partial charge on any atom is 0.388 e. The minimum atomic E-state index is -3.50. The van der Waals surface area contributed by atoms with Gasteiger partial charge in [-0.15, -0.1) is 158 Å². The van der Waals surface area contributed by atoms with Gasteiger partial charge in [0.2, 0.25) is 0 Å². The molecule has 0 spiro atoms. The van der Waals surface area contributed by atoms with Gasteiger partial charge in [0, 0.05) is 0 Å². The summed E-state index contributed by atoms with van der Waals surface area (Å²) in [6.45, 7) is 103. The molecular weight excluding hydrogens is 1570 g/mol. The molecular formula is C88H114O9Si13. The standard InChI is InChI=1S/C31H36O3Si4.C24H28O2Si3.C19H26O2Si3.C14H24O2Si3/c1-8-36(9-2,10-3)32-35(7,29-23-17-14-18-24-29)33-38(30-25-19-15-20-26-30,31-27-21-16-22-28-31)34-37(11-4,12-5)13-6;1-7-27(8-2,9-3)25-29(23-19-15-13-16-20-23,24-21-17-14-18-22-24)26-28(10-4,11-5)12-6;1-8-23(9-2,10-3)20-22(7,19-17-15-14-16-18-19)21-24(11-4,12-5)13-6;1-9-18(10-2,11-3)15-17(7,8)16-19(12-4,13-5)14-6/h8-28H,1-6H2,7H3;7-22H,1-6H2;8-18H,1-6H2,7H3;9-14H,1-6H2,7-8H3. The minimum Gasteiger partial charge on any atom is -0.427 e. The van der Waals surface area contributed by atoms with E-state index in [0.717, 1.165) is 31.1 Å². The molecule has 0 aromatic heterocycles. The largest absolute Gasteiger partial charge is 0.427 e. The summed E-state index contributed by atoms with van der Waals surface area (Å²) in [7, 11) is -36.0. The molecule has 0 heterocycles. The Bertz CT molecular complexity index is 3890. The van der Waals surface area contributed by atoms with Crippen molar-refractivity contribution >= 4 is 140 Å². The lowest BCUT2D eigenvalue weighted by atomic mass is 10.4. The fourth-order valence-corrected chi connectivity index (χ4v) is 59.4. The van der Waals surface area contributed by atoms with Crippen LogP contribution in [0.15, 0.2) is 477 Å². The molecule has 22 heteroatoms. The second-order valence-corrected chi connectivity index (χ2v) is 68.7. The maximum absolute atomic E-state index is 7.52. The molecule has 0 aliphatic heterocycles. The zero-order valence-corrected chi connectivity index (χ0v) is 78.3. The predicted molar refractivity (Wildman–Crippen MR) is 509 cm³/mol. The van der Waals surface area contributed by atoms with Crippen LogP contribution in [0.2, 0.25) is 26.2 Å². The quantitative estimate of drug-likeness (QED) is 0.0347. The minimum absolute atomic E-state index is 0.954. The molecule has 0 bridgehead atoms. The summed E-state index contributed by atoms with van der Waals surface area (Å²) in [5.41, 5.74) is 43.6. The Morgan fingerprint density at radius 1 is 0.164 bits per heavy atom. The number of benzene rings is 6. The van der Waals surface area contributed by atoms with E-state index in [9.17, 15) is 0 Å². The normalized spacial score (nSPS) is 12.5. The van der Waals surface area contributed by atoms with Gasteiger partial charge >= 0.3 is 42.8 Å². The summed E-state index contributed by atoms with van der Waals surface area (Å²) >= 11 is 0. The summed E-state index contributed by atoms with van der Waals surface area (Å²) < 4.78 is 61.5. The third kappa shape index (κ3) is 23.8. The molecule has 6 aromatic rings. The van der Waals surface area contributed by atoms with Crippen LogP contribution in [0, 0.1) is 0 Å². The van der Waals surface area contributed by atoms with Crippen LogP contribution in [0.3, 0.4) is 0 Å². The van der Waals surface area contributed by atoms with Gasteiger partial charge in [-0.2, -0.15) is 0 Å². The molecule has 1 atom stereocenters. The molecule has 0 fully saturated rings. The Balaban J connectivity index is 0.000000393. The summed E-state index contributed by atoms with van der Waals surface area (Å²) in [6, 6.07) is 60.4. The molecule has 0 aliphatic carbocycles. The molecule has 0 radical (unpaired) electrons. The van der Waals surface area contributed by atoms with Gasteiger partial charge in [0.1, 0.15) is 0 Å². The van der Waals surface area contributed by atoms with Crippen LogP contribution in [0.4, 0.5) is 0 Å². The van der Waals surface area contributed by atoms with Gasteiger partial charge in [-0.25, -0.2) is 0 Å². The molecule has 1 unspecified atom stereocenters. The van der Waals surface area contributed by atoms with Crippen LogP contribution in [-0.2, 0) is 37.0 Å². The van der Waals surface area contributed by atoms with E-state index in [-0.39, 0.29) is 0 Å². The van der Waals surface area contributed by atoms with Crippen molar-refractivity contribution in [2.75, 3.05) is 0 Å². The van der Waals surface area contributed by atoms with Gasteiger partial charge in [0.05, 0.1) is 0 Å². The lowest BCUT2D eigenvalue weighted by Crippen LogP contribution is -2.74. The van der Waals surface area contributed by atoms with Crippen LogP contribution in [-0.4, -0.2) is 109 Å². The lowest BCUT2D eigenvalue weighted by molar-refractivity contribution is 0.355. The van der Waals surface area contributed by atoms with Crippen molar-refractivity contribution in [3.05, 3.63) is 477 Å². The Hall–Kier alpha value is -8.46. The van der Waals surface area contributed by atoms with Gasteiger partial charge in [-0.3, -0.25) is 0 Å². The van der Waals surface area contributed by atoms with Crippen molar-refractivity contribution < 1.29 is 37.0 Å². The molecule has 6 rings (SSSR count). The van der Waals surface area contributed by atoms with Crippen LogP contribution in [0.1, 0.15) is 0 Å². The van der Waals surface area contributed by atoms with Gasteiger partial charge < -0.3 is 37.0 Å². The number of rotatable bonds is 48. The Morgan fingerprint density at radius 3 is 0.455 bits per heavy atom. The monoisotopic (exact) mass is 1680 g/mol. The van der Waals surface area contributed by atoms with E-state index in [0.29, 0.717) is 0 Å².